The number of nitrogens with zero attached hydrogens (tertiary/aromatic N) is 4. The smallest absolute Gasteiger partial charge is 0.169 e. The number of hydrogen-bond donors (Lipinski definition) is 1. The van der Waals surface area contributed by atoms with Crippen LogP contribution in [0.4, 0.5) is 22.0 Å². The Morgan fingerprint density at radius 2 is 1.91 bits per heavy atom. The minimum atomic E-state index is -2.40. The van der Waals surface area contributed by atoms with Crippen molar-refractivity contribution in [3.63, 3.8) is 0 Å². The molecule has 0 fully saturated rings. The average Bonchev–Trinajstić information content (AvgIpc) is 3.46. The standard InChI is InChI=1S/C22H15F5N4OS/c23-14-3-6-16(18(25)10-14)22(32,11-31-12-28-29-30-31)21(27)20-8-5-15(33-20)4-1-13-2-7-17(24)19(26)9-13/h2,5,7-10,12,21,32H,3,6,11H2. The fourth-order valence-corrected chi connectivity index (χ4v) is 4.34. The van der Waals surface area contributed by atoms with Crippen LogP contribution < -0.4 is 0 Å². The van der Waals surface area contributed by atoms with Crippen LogP contribution in [0, 0.1) is 23.5 Å². The van der Waals surface area contributed by atoms with Crippen molar-refractivity contribution >= 4 is 11.3 Å². The molecule has 4 rings (SSSR count). The molecular weight excluding hydrogens is 463 g/mol. The Kier molecular flexibility index (Phi) is 6.40. The highest BCUT2D eigenvalue weighted by Crippen LogP contribution is 2.44. The molecule has 0 amide bonds. The molecule has 0 saturated carbocycles. The summed E-state index contributed by atoms with van der Waals surface area (Å²) >= 11 is 0.901. The molecule has 0 spiro atoms. The predicted octanol–water partition coefficient (Wildman–Crippen LogP) is 4.73. The predicted molar refractivity (Wildman–Crippen MR) is 110 cm³/mol. The van der Waals surface area contributed by atoms with Crippen LogP contribution in [-0.2, 0) is 6.54 Å². The van der Waals surface area contributed by atoms with Crippen molar-refractivity contribution in [2.75, 3.05) is 0 Å². The molecular formula is C22H15F5N4OS. The molecule has 2 unspecified atom stereocenters. The fraction of sp³-hybridized carbons (Fsp3) is 0.227. The van der Waals surface area contributed by atoms with Crippen LogP contribution in [-0.4, -0.2) is 30.9 Å². The van der Waals surface area contributed by atoms with Gasteiger partial charge in [0.25, 0.3) is 0 Å². The quantitative estimate of drug-likeness (QED) is 0.426. The third-order valence-corrected chi connectivity index (χ3v) is 6.08. The van der Waals surface area contributed by atoms with E-state index in [1.54, 1.807) is 0 Å². The van der Waals surface area contributed by atoms with Crippen molar-refractivity contribution in [1.29, 1.82) is 0 Å². The van der Waals surface area contributed by atoms with Gasteiger partial charge in [0, 0.05) is 28.5 Å². The summed E-state index contributed by atoms with van der Waals surface area (Å²) in [6.45, 7) is -0.507. The number of thiophene rings is 1. The van der Waals surface area contributed by atoms with Crippen molar-refractivity contribution in [2.24, 2.45) is 0 Å². The largest absolute Gasteiger partial charge is 0.380 e. The summed E-state index contributed by atoms with van der Waals surface area (Å²) in [5, 5.41) is 21.8. The first-order chi connectivity index (χ1) is 15.8. The van der Waals surface area contributed by atoms with Gasteiger partial charge < -0.3 is 5.11 Å². The molecule has 0 aliphatic heterocycles. The lowest BCUT2D eigenvalue weighted by molar-refractivity contribution is -0.0250. The van der Waals surface area contributed by atoms with Gasteiger partial charge in [0.1, 0.15) is 23.6 Å². The maximum atomic E-state index is 15.7. The van der Waals surface area contributed by atoms with E-state index in [0.717, 1.165) is 34.5 Å². The topological polar surface area (TPSA) is 63.8 Å². The van der Waals surface area contributed by atoms with Crippen LogP contribution in [0.3, 0.4) is 0 Å². The van der Waals surface area contributed by atoms with Gasteiger partial charge >= 0.3 is 0 Å². The zero-order chi connectivity index (χ0) is 23.6. The Morgan fingerprint density at radius 1 is 1.09 bits per heavy atom. The summed E-state index contributed by atoms with van der Waals surface area (Å²) in [5.74, 6) is 1.58. The molecule has 1 aliphatic carbocycles. The molecule has 1 aromatic carbocycles. The van der Waals surface area contributed by atoms with Crippen LogP contribution in [0.25, 0.3) is 0 Å². The maximum absolute atomic E-state index is 15.7. The number of halogens is 5. The minimum Gasteiger partial charge on any atom is -0.380 e. The first-order valence-electron chi connectivity index (χ1n) is 9.65. The van der Waals surface area contributed by atoms with Gasteiger partial charge in [0.2, 0.25) is 0 Å². The molecule has 0 radical (unpaired) electrons. The van der Waals surface area contributed by atoms with Gasteiger partial charge in [0.05, 0.1) is 11.4 Å². The summed E-state index contributed by atoms with van der Waals surface area (Å²) in [7, 11) is 0. The number of tetrazole rings is 1. The number of benzene rings is 1. The molecule has 1 N–H and O–H groups in total. The normalized spacial score (nSPS) is 16.6. The van der Waals surface area contributed by atoms with E-state index in [9.17, 15) is 22.7 Å². The van der Waals surface area contributed by atoms with E-state index in [1.807, 2.05) is 0 Å². The van der Waals surface area contributed by atoms with Gasteiger partial charge in [-0.25, -0.2) is 26.6 Å². The second kappa shape index (κ2) is 9.25. The third kappa shape index (κ3) is 4.86. The number of hydrogen-bond acceptors (Lipinski definition) is 5. The monoisotopic (exact) mass is 478 g/mol. The van der Waals surface area contributed by atoms with E-state index in [2.05, 4.69) is 27.4 Å². The van der Waals surface area contributed by atoms with Gasteiger partial charge in [0.15, 0.2) is 17.8 Å². The second-order valence-corrected chi connectivity index (χ2v) is 8.41. The SMILES string of the molecule is OC(Cn1cnnn1)(C1=C(F)C=C(F)CC1)C(F)c1ccc(C#Cc2ccc(F)c(F)c2)s1. The zero-order valence-electron chi connectivity index (χ0n) is 16.8. The molecule has 0 saturated heterocycles. The molecule has 33 heavy (non-hydrogen) atoms. The first kappa shape index (κ1) is 22.8. The van der Waals surface area contributed by atoms with E-state index in [-0.39, 0.29) is 28.9 Å². The summed E-state index contributed by atoms with van der Waals surface area (Å²) in [6.07, 6.45) is -0.739. The van der Waals surface area contributed by atoms with Crippen LogP contribution in [0.2, 0.25) is 0 Å². The highest BCUT2D eigenvalue weighted by Gasteiger charge is 2.45. The minimum absolute atomic E-state index is 0.0375. The van der Waals surface area contributed by atoms with Crippen molar-refractivity contribution in [3.8, 4) is 11.8 Å². The van der Waals surface area contributed by atoms with E-state index < -0.39 is 41.6 Å². The molecule has 5 nitrogen and oxygen atoms in total. The average molecular weight is 478 g/mol. The van der Waals surface area contributed by atoms with Crippen LogP contribution in [0.15, 0.2) is 60.0 Å². The summed E-state index contributed by atoms with van der Waals surface area (Å²) in [4.78, 5) is 0.418. The molecule has 0 bridgehead atoms. The molecule has 1 aliphatic rings. The number of rotatable bonds is 5. The van der Waals surface area contributed by atoms with Crippen molar-refractivity contribution in [1.82, 2.24) is 20.2 Å². The van der Waals surface area contributed by atoms with Crippen molar-refractivity contribution in [2.45, 2.75) is 31.2 Å². The van der Waals surface area contributed by atoms with E-state index in [4.69, 9.17) is 0 Å². The molecule has 2 heterocycles. The second-order valence-electron chi connectivity index (χ2n) is 7.29. The highest BCUT2D eigenvalue weighted by atomic mass is 32.1. The molecule has 3 aromatic rings. The van der Waals surface area contributed by atoms with E-state index in [1.165, 1.54) is 18.2 Å². The molecule has 2 atom stereocenters. The molecule has 170 valence electrons. The van der Waals surface area contributed by atoms with Crippen molar-refractivity contribution in [3.05, 3.63) is 86.9 Å². The summed E-state index contributed by atoms with van der Waals surface area (Å²) in [6, 6.07) is 6.05. The number of allylic oxidation sites excluding steroid dienone is 3. The Hall–Kier alpha value is -3.36. The Bertz CT molecular complexity index is 1290. The van der Waals surface area contributed by atoms with Gasteiger partial charge in [-0.3, -0.25) is 0 Å². The lowest BCUT2D eigenvalue weighted by Gasteiger charge is -2.34. The number of aromatic nitrogens is 4. The Labute approximate surface area is 188 Å². The lowest BCUT2D eigenvalue weighted by Crippen LogP contribution is -2.42. The van der Waals surface area contributed by atoms with E-state index in [0.29, 0.717) is 11.0 Å². The number of alkyl halides is 1. The fourth-order valence-electron chi connectivity index (χ4n) is 3.41. The van der Waals surface area contributed by atoms with E-state index >= 15 is 4.39 Å². The zero-order valence-corrected chi connectivity index (χ0v) is 17.6. The highest BCUT2D eigenvalue weighted by molar-refractivity contribution is 7.12. The van der Waals surface area contributed by atoms with Gasteiger partial charge in [-0.05, 0) is 47.2 Å². The summed E-state index contributed by atoms with van der Waals surface area (Å²) in [5.41, 5.74) is -2.47. The Balaban J connectivity index is 1.66. The number of aliphatic hydroxyl groups is 1. The Morgan fingerprint density at radius 3 is 2.61 bits per heavy atom. The van der Waals surface area contributed by atoms with Crippen molar-refractivity contribution < 1.29 is 27.1 Å². The van der Waals surface area contributed by atoms with Crippen LogP contribution in [0.1, 0.15) is 34.3 Å². The molecule has 11 heteroatoms. The maximum Gasteiger partial charge on any atom is 0.169 e. The van der Waals surface area contributed by atoms with Gasteiger partial charge in [-0.1, -0.05) is 11.8 Å². The van der Waals surface area contributed by atoms with Gasteiger partial charge in [-0.2, -0.15) is 0 Å². The third-order valence-electron chi connectivity index (χ3n) is 5.05. The lowest BCUT2D eigenvalue weighted by atomic mass is 9.82. The summed E-state index contributed by atoms with van der Waals surface area (Å²) < 4.78 is 71.2. The van der Waals surface area contributed by atoms with Crippen LogP contribution >= 0.6 is 11.3 Å². The van der Waals surface area contributed by atoms with Gasteiger partial charge in [-0.15, -0.1) is 16.4 Å². The van der Waals surface area contributed by atoms with Crippen LogP contribution in [0.5, 0.6) is 0 Å². The first-order valence-corrected chi connectivity index (χ1v) is 10.5. The molecule has 2 aromatic heterocycles.